The quantitative estimate of drug-likeness (QED) is 0.444. The van der Waals surface area contributed by atoms with E-state index in [0.717, 1.165) is 30.7 Å². The second-order valence-electron chi connectivity index (χ2n) is 5.87. The van der Waals surface area contributed by atoms with Crippen LogP contribution in [0.3, 0.4) is 0 Å². The monoisotopic (exact) mass is 376 g/mol. The van der Waals surface area contributed by atoms with E-state index in [0.29, 0.717) is 22.9 Å². The van der Waals surface area contributed by atoms with Gasteiger partial charge in [0.05, 0.1) is 15.4 Å². The summed E-state index contributed by atoms with van der Waals surface area (Å²) in [6.07, 6.45) is 3.23. The summed E-state index contributed by atoms with van der Waals surface area (Å²) in [6.45, 7) is 0. The fraction of sp³-hybridized carbons (Fsp3) is 0.375. The summed E-state index contributed by atoms with van der Waals surface area (Å²) in [5, 5.41) is 19.5. The van der Waals surface area contributed by atoms with E-state index in [4.69, 9.17) is 4.74 Å². The van der Waals surface area contributed by atoms with Gasteiger partial charge in [-0.1, -0.05) is 0 Å². The number of rotatable bonds is 5. The molecule has 1 aliphatic carbocycles. The molecule has 9 nitrogen and oxygen atoms in total. The number of ether oxygens (including phenoxy) is 1. The van der Waals surface area contributed by atoms with Crippen molar-refractivity contribution in [1.82, 2.24) is 14.8 Å². The molecule has 1 unspecified atom stereocenters. The molecule has 1 aliphatic rings. The molecule has 0 N–H and O–H groups in total. The second-order valence-corrected chi connectivity index (χ2v) is 6.88. The highest BCUT2D eigenvalue weighted by molar-refractivity contribution is 7.99. The maximum Gasteiger partial charge on any atom is 0.339 e. The molecule has 2 aromatic rings. The van der Waals surface area contributed by atoms with Gasteiger partial charge in [-0.15, -0.1) is 10.2 Å². The van der Waals surface area contributed by atoms with Crippen LogP contribution in [0, 0.1) is 10.1 Å². The van der Waals surface area contributed by atoms with Crippen molar-refractivity contribution in [2.75, 3.05) is 0 Å². The van der Waals surface area contributed by atoms with Crippen LogP contribution < -0.4 is 0 Å². The van der Waals surface area contributed by atoms with E-state index in [1.54, 1.807) is 11.6 Å². The molecular formula is C16H16N4O5S. The molecular weight excluding hydrogens is 360 g/mol. The van der Waals surface area contributed by atoms with E-state index in [-0.39, 0.29) is 17.0 Å². The first-order valence-corrected chi connectivity index (χ1v) is 8.81. The average Bonchev–Trinajstić information content (AvgIpc) is 3.02. The molecule has 3 rings (SSSR count). The van der Waals surface area contributed by atoms with Gasteiger partial charge < -0.3 is 9.30 Å². The van der Waals surface area contributed by atoms with Crippen LogP contribution >= 0.6 is 11.8 Å². The fourth-order valence-corrected chi connectivity index (χ4v) is 3.46. The highest BCUT2D eigenvalue weighted by Gasteiger charge is 2.27. The Balaban J connectivity index is 1.81. The van der Waals surface area contributed by atoms with Crippen LogP contribution in [0.4, 0.5) is 5.69 Å². The van der Waals surface area contributed by atoms with Crippen LogP contribution in [0.2, 0.25) is 0 Å². The first kappa shape index (κ1) is 18.1. The fourth-order valence-electron chi connectivity index (χ4n) is 2.61. The van der Waals surface area contributed by atoms with Crippen molar-refractivity contribution < 1.29 is 19.2 Å². The van der Waals surface area contributed by atoms with Crippen LogP contribution in [0.15, 0.2) is 34.6 Å². The number of ketones is 1. The Kier molecular flexibility index (Phi) is 5.31. The number of carbonyl (C=O) groups excluding carboxylic acids is 2. The van der Waals surface area contributed by atoms with Crippen molar-refractivity contribution >= 4 is 29.2 Å². The largest absolute Gasteiger partial charge is 0.451 e. The van der Waals surface area contributed by atoms with Gasteiger partial charge in [-0.3, -0.25) is 14.9 Å². The summed E-state index contributed by atoms with van der Waals surface area (Å²) in [6, 6.07) is 4.08. The molecule has 0 saturated heterocycles. The number of benzene rings is 1. The van der Waals surface area contributed by atoms with Gasteiger partial charge in [0.25, 0.3) is 5.69 Å². The van der Waals surface area contributed by atoms with Crippen molar-refractivity contribution in [3.63, 3.8) is 0 Å². The minimum absolute atomic E-state index is 0.0392. The summed E-state index contributed by atoms with van der Waals surface area (Å²) in [7, 11) is 1.72. The SMILES string of the molecule is Cn1cnnc1Sc1ccc(C(=O)OC2CCCCC2=O)cc1[N+](=O)[O-]. The van der Waals surface area contributed by atoms with Crippen LogP contribution in [0.1, 0.15) is 36.0 Å². The number of nitro benzene ring substituents is 1. The third kappa shape index (κ3) is 3.90. The molecule has 26 heavy (non-hydrogen) atoms. The molecule has 1 saturated carbocycles. The lowest BCUT2D eigenvalue weighted by atomic mass is 9.96. The minimum atomic E-state index is -0.761. The molecule has 1 fully saturated rings. The molecule has 136 valence electrons. The molecule has 0 bridgehead atoms. The van der Waals surface area contributed by atoms with Crippen molar-refractivity contribution in [3.8, 4) is 0 Å². The zero-order valence-electron chi connectivity index (χ0n) is 14.0. The third-order valence-corrected chi connectivity index (χ3v) is 5.13. The molecule has 0 aliphatic heterocycles. The summed E-state index contributed by atoms with van der Waals surface area (Å²) in [5.41, 5.74) is -0.195. The summed E-state index contributed by atoms with van der Waals surface area (Å²) in [5.74, 6) is -0.836. The maximum absolute atomic E-state index is 12.3. The Hall–Kier alpha value is -2.75. The predicted octanol–water partition coefficient (Wildman–Crippen LogP) is 2.54. The lowest BCUT2D eigenvalue weighted by molar-refractivity contribution is -0.387. The number of aryl methyl sites for hydroxylation is 1. The van der Waals surface area contributed by atoms with Crippen molar-refractivity contribution in [3.05, 3.63) is 40.2 Å². The zero-order chi connectivity index (χ0) is 18.7. The number of nitrogens with zero attached hydrogens (tertiary/aromatic N) is 4. The number of hydrogen-bond acceptors (Lipinski definition) is 8. The van der Waals surface area contributed by atoms with E-state index in [1.807, 2.05) is 0 Å². The summed E-state index contributed by atoms with van der Waals surface area (Å²) >= 11 is 1.07. The molecule has 1 atom stereocenters. The van der Waals surface area contributed by atoms with Gasteiger partial charge >= 0.3 is 5.97 Å². The van der Waals surface area contributed by atoms with Crippen LogP contribution in [0.5, 0.6) is 0 Å². The Morgan fingerprint density at radius 1 is 1.42 bits per heavy atom. The average molecular weight is 376 g/mol. The molecule has 0 spiro atoms. The van der Waals surface area contributed by atoms with Crippen LogP contribution in [-0.4, -0.2) is 37.5 Å². The normalized spacial score (nSPS) is 17.1. The standard InChI is InChI=1S/C16H16N4O5S/c1-19-9-17-18-16(19)26-14-7-6-10(8-11(14)20(23)24)15(22)25-13-5-3-2-4-12(13)21/h6-9,13H,2-5H2,1H3. The van der Waals surface area contributed by atoms with Gasteiger partial charge in [0.15, 0.2) is 17.0 Å². The molecule has 10 heteroatoms. The number of carbonyl (C=O) groups is 2. The van der Waals surface area contributed by atoms with E-state index in [2.05, 4.69) is 10.2 Å². The number of aromatic nitrogens is 3. The molecule has 0 amide bonds. The first-order chi connectivity index (χ1) is 12.5. The number of hydrogen-bond donors (Lipinski definition) is 0. The Morgan fingerprint density at radius 2 is 2.23 bits per heavy atom. The van der Waals surface area contributed by atoms with Crippen molar-refractivity contribution in [2.45, 2.75) is 41.8 Å². The second kappa shape index (κ2) is 7.65. The first-order valence-electron chi connectivity index (χ1n) is 7.99. The van der Waals surface area contributed by atoms with E-state index >= 15 is 0 Å². The van der Waals surface area contributed by atoms with Gasteiger partial charge in [-0.25, -0.2) is 4.79 Å². The minimum Gasteiger partial charge on any atom is -0.451 e. The van der Waals surface area contributed by atoms with Gasteiger partial charge in [0.2, 0.25) is 0 Å². The molecule has 0 radical (unpaired) electrons. The maximum atomic E-state index is 12.3. The van der Waals surface area contributed by atoms with Gasteiger partial charge in [0.1, 0.15) is 6.33 Å². The van der Waals surface area contributed by atoms with Gasteiger partial charge in [-0.05, 0) is 43.2 Å². The highest BCUT2D eigenvalue weighted by Crippen LogP contribution is 2.34. The Labute approximate surface area is 152 Å². The van der Waals surface area contributed by atoms with Crippen molar-refractivity contribution in [2.24, 2.45) is 7.05 Å². The highest BCUT2D eigenvalue weighted by atomic mass is 32.2. The number of esters is 1. The van der Waals surface area contributed by atoms with Crippen molar-refractivity contribution in [1.29, 1.82) is 0 Å². The van der Waals surface area contributed by atoms with Crippen LogP contribution in [0.25, 0.3) is 0 Å². The summed E-state index contributed by atoms with van der Waals surface area (Å²) < 4.78 is 6.88. The lowest BCUT2D eigenvalue weighted by Crippen LogP contribution is -2.30. The Bertz CT molecular complexity index is 866. The number of nitro groups is 1. The van der Waals surface area contributed by atoms with Gasteiger partial charge in [0, 0.05) is 19.5 Å². The van der Waals surface area contributed by atoms with E-state index in [1.165, 1.54) is 18.5 Å². The topological polar surface area (TPSA) is 117 Å². The van der Waals surface area contributed by atoms with Gasteiger partial charge in [-0.2, -0.15) is 0 Å². The summed E-state index contributed by atoms with van der Waals surface area (Å²) in [4.78, 5) is 35.2. The molecule has 1 aromatic heterocycles. The van der Waals surface area contributed by atoms with E-state index < -0.39 is 17.0 Å². The zero-order valence-corrected chi connectivity index (χ0v) is 14.8. The Morgan fingerprint density at radius 3 is 2.88 bits per heavy atom. The van der Waals surface area contributed by atoms with Crippen LogP contribution in [-0.2, 0) is 16.6 Å². The lowest BCUT2D eigenvalue weighted by Gasteiger charge is -2.20. The smallest absolute Gasteiger partial charge is 0.339 e. The molecule has 1 aromatic carbocycles. The third-order valence-electron chi connectivity index (χ3n) is 4.01. The molecule has 1 heterocycles. The predicted molar refractivity (Wildman–Crippen MR) is 90.9 cm³/mol. The van der Waals surface area contributed by atoms with E-state index in [9.17, 15) is 19.7 Å². The number of Topliss-reactive ketones (excluding diaryl/α,β-unsaturated/α-hetero) is 1.